The molecular weight excluding hydrogens is 286 g/mol. The number of carboxylic acids is 1. The van der Waals surface area contributed by atoms with Crippen LogP contribution in [0.15, 0.2) is 48.5 Å². The van der Waals surface area contributed by atoms with Crippen molar-refractivity contribution in [3.05, 3.63) is 64.7 Å². The average molecular weight is 298 g/mol. The zero-order valence-corrected chi connectivity index (χ0v) is 12.1. The van der Waals surface area contributed by atoms with Crippen LogP contribution >= 0.6 is 11.6 Å². The van der Waals surface area contributed by atoms with Crippen LogP contribution in [0.1, 0.15) is 15.9 Å². The lowest BCUT2D eigenvalue weighted by molar-refractivity contribution is 0.0699. The highest BCUT2D eigenvalue weighted by molar-refractivity contribution is 6.36. The molecule has 1 N–H and O–H groups in total. The van der Waals surface area contributed by atoms with E-state index in [1.165, 1.54) is 0 Å². The minimum atomic E-state index is -1.01. The summed E-state index contributed by atoms with van der Waals surface area (Å²) in [5, 5.41) is 10.3. The molecule has 1 aromatic heterocycles. The van der Waals surface area contributed by atoms with Gasteiger partial charge in [0.05, 0.1) is 21.8 Å². The van der Waals surface area contributed by atoms with E-state index in [1.807, 2.05) is 31.2 Å². The third kappa shape index (κ3) is 2.36. The smallest absolute Gasteiger partial charge is 0.336 e. The Labute approximate surface area is 126 Å². The predicted octanol–water partition coefficient (Wildman–Crippen LogP) is 4.56. The number of nitrogens with zero attached hydrogens (tertiary/aromatic N) is 1. The van der Waals surface area contributed by atoms with Gasteiger partial charge in [0, 0.05) is 10.9 Å². The van der Waals surface area contributed by atoms with Crippen molar-refractivity contribution in [3.8, 4) is 11.3 Å². The maximum Gasteiger partial charge on any atom is 0.336 e. The monoisotopic (exact) mass is 297 g/mol. The number of hydrogen-bond donors (Lipinski definition) is 1. The van der Waals surface area contributed by atoms with Gasteiger partial charge in [-0.15, -0.1) is 0 Å². The summed E-state index contributed by atoms with van der Waals surface area (Å²) in [5.74, 6) is -1.01. The molecule has 1 heterocycles. The summed E-state index contributed by atoms with van der Waals surface area (Å²) in [5.41, 5.74) is 3.36. The Morgan fingerprint density at radius 3 is 2.62 bits per heavy atom. The van der Waals surface area contributed by atoms with E-state index in [0.29, 0.717) is 21.6 Å². The second kappa shape index (κ2) is 5.19. The van der Waals surface area contributed by atoms with Gasteiger partial charge >= 0.3 is 5.97 Å². The molecule has 0 fully saturated rings. The molecule has 3 aromatic rings. The van der Waals surface area contributed by atoms with Crippen LogP contribution in [-0.4, -0.2) is 16.1 Å². The van der Waals surface area contributed by atoms with Crippen molar-refractivity contribution in [1.82, 2.24) is 4.98 Å². The molecule has 4 heteroatoms. The molecule has 3 rings (SSSR count). The number of carboxylic acid groups (broad SMARTS) is 1. The number of hydrogen-bond acceptors (Lipinski definition) is 2. The normalized spacial score (nSPS) is 10.8. The van der Waals surface area contributed by atoms with E-state index in [0.717, 1.165) is 11.1 Å². The first kappa shape index (κ1) is 13.6. The fraction of sp³-hybridized carbons (Fsp3) is 0.0588. The summed E-state index contributed by atoms with van der Waals surface area (Å²) in [6.07, 6.45) is 0. The summed E-state index contributed by atoms with van der Waals surface area (Å²) in [6.45, 7) is 1.97. The van der Waals surface area contributed by atoms with Crippen molar-refractivity contribution < 1.29 is 9.90 Å². The number of aromatic nitrogens is 1. The quantitative estimate of drug-likeness (QED) is 0.754. The lowest BCUT2D eigenvalue weighted by Gasteiger charge is -2.10. The van der Waals surface area contributed by atoms with Crippen LogP contribution in [0.3, 0.4) is 0 Å². The Morgan fingerprint density at radius 2 is 1.90 bits per heavy atom. The number of pyridine rings is 1. The molecule has 0 spiro atoms. The van der Waals surface area contributed by atoms with Crippen molar-refractivity contribution in [2.75, 3.05) is 0 Å². The standard InChI is InChI=1S/C17H12ClNO2/c1-10-5-2-3-6-11(10)15-9-12(17(20)21)16-13(18)7-4-8-14(16)19-15/h2-9H,1H3,(H,20,21). The first-order valence-corrected chi connectivity index (χ1v) is 6.84. The second-order valence-electron chi connectivity index (χ2n) is 4.81. The number of fused-ring (bicyclic) bond motifs is 1. The predicted molar refractivity (Wildman–Crippen MR) is 83.9 cm³/mol. The maximum absolute atomic E-state index is 11.5. The van der Waals surface area contributed by atoms with Gasteiger partial charge in [0.1, 0.15) is 0 Å². The molecule has 0 saturated heterocycles. The topological polar surface area (TPSA) is 50.2 Å². The Hall–Kier alpha value is -2.39. The van der Waals surface area contributed by atoms with Gasteiger partial charge in [0.25, 0.3) is 0 Å². The van der Waals surface area contributed by atoms with Gasteiger partial charge in [-0.05, 0) is 30.7 Å². The van der Waals surface area contributed by atoms with Gasteiger partial charge in [-0.1, -0.05) is 41.9 Å². The van der Waals surface area contributed by atoms with Crippen LogP contribution in [0.25, 0.3) is 22.2 Å². The molecule has 0 unspecified atom stereocenters. The first-order chi connectivity index (χ1) is 10.1. The molecule has 0 atom stereocenters. The molecular formula is C17H12ClNO2. The highest BCUT2D eigenvalue weighted by atomic mass is 35.5. The molecule has 2 aromatic carbocycles. The zero-order valence-electron chi connectivity index (χ0n) is 11.3. The minimum absolute atomic E-state index is 0.170. The van der Waals surface area contributed by atoms with Gasteiger partial charge in [0.2, 0.25) is 0 Å². The second-order valence-corrected chi connectivity index (χ2v) is 5.22. The number of halogens is 1. The summed E-state index contributed by atoms with van der Waals surface area (Å²) >= 11 is 6.13. The van der Waals surface area contributed by atoms with E-state index in [1.54, 1.807) is 24.3 Å². The van der Waals surface area contributed by atoms with E-state index in [-0.39, 0.29) is 5.56 Å². The molecule has 0 aliphatic heterocycles. The Morgan fingerprint density at radius 1 is 1.14 bits per heavy atom. The molecule has 0 amide bonds. The average Bonchev–Trinajstić information content (AvgIpc) is 2.46. The molecule has 0 aliphatic rings. The van der Waals surface area contributed by atoms with Crippen LogP contribution in [0.4, 0.5) is 0 Å². The fourth-order valence-electron chi connectivity index (χ4n) is 2.41. The van der Waals surface area contributed by atoms with E-state index in [9.17, 15) is 9.90 Å². The SMILES string of the molecule is Cc1ccccc1-c1cc(C(=O)O)c2c(Cl)cccc2n1. The number of aromatic carboxylic acids is 1. The third-order valence-electron chi connectivity index (χ3n) is 3.43. The van der Waals surface area contributed by atoms with E-state index >= 15 is 0 Å². The summed E-state index contributed by atoms with van der Waals surface area (Å²) in [6, 6.07) is 14.5. The lowest BCUT2D eigenvalue weighted by atomic mass is 10.0. The van der Waals surface area contributed by atoms with Gasteiger partial charge in [-0.2, -0.15) is 0 Å². The van der Waals surface area contributed by atoms with Crippen LogP contribution in [0.2, 0.25) is 5.02 Å². The molecule has 0 aliphatic carbocycles. The lowest BCUT2D eigenvalue weighted by Crippen LogP contribution is -2.01. The van der Waals surface area contributed by atoms with Crippen LogP contribution in [0.5, 0.6) is 0 Å². The molecule has 0 saturated carbocycles. The van der Waals surface area contributed by atoms with Gasteiger partial charge in [0.15, 0.2) is 0 Å². The van der Waals surface area contributed by atoms with Gasteiger partial charge in [-0.25, -0.2) is 9.78 Å². The molecule has 0 bridgehead atoms. The van der Waals surface area contributed by atoms with Crippen LogP contribution < -0.4 is 0 Å². The maximum atomic E-state index is 11.5. The van der Waals surface area contributed by atoms with Crippen molar-refractivity contribution in [2.24, 2.45) is 0 Å². The van der Waals surface area contributed by atoms with Crippen molar-refractivity contribution >= 4 is 28.5 Å². The van der Waals surface area contributed by atoms with Crippen molar-refractivity contribution in [3.63, 3.8) is 0 Å². The number of carbonyl (C=O) groups is 1. The third-order valence-corrected chi connectivity index (χ3v) is 3.75. The largest absolute Gasteiger partial charge is 0.478 e. The zero-order chi connectivity index (χ0) is 15.0. The molecule has 0 radical (unpaired) electrons. The molecule has 3 nitrogen and oxygen atoms in total. The number of aryl methyl sites for hydroxylation is 1. The first-order valence-electron chi connectivity index (χ1n) is 6.46. The highest BCUT2D eigenvalue weighted by Gasteiger charge is 2.15. The molecule has 21 heavy (non-hydrogen) atoms. The van der Waals surface area contributed by atoms with E-state index < -0.39 is 5.97 Å². The number of rotatable bonds is 2. The summed E-state index contributed by atoms with van der Waals surface area (Å²) in [4.78, 5) is 16.1. The van der Waals surface area contributed by atoms with Crippen molar-refractivity contribution in [2.45, 2.75) is 6.92 Å². The summed E-state index contributed by atoms with van der Waals surface area (Å²) in [7, 11) is 0. The Bertz CT molecular complexity index is 859. The highest BCUT2D eigenvalue weighted by Crippen LogP contribution is 2.30. The van der Waals surface area contributed by atoms with Crippen molar-refractivity contribution in [1.29, 1.82) is 0 Å². The van der Waals surface area contributed by atoms with Gasteiger partial charge in [-0.3, -0.25) is 0 Å². The number of benzene rings is 2. The summed E-state index contributed by atoms with van der Waals surface area (Å²) < 4.78 is 0. The van der Waals surface area contributed by atoms with Gasteiger partial charge < -0.3 is 5.11 Å². The minimum Gasteiger partial charge on any atom is -0.478 e. The van der Waals surface area contributed by atoms with E-state index in [2.05, 4.69) is 4.98 Å². The fourth-order valence-corrected chi connectivity index (χ4v) is 2.68. The Balaban J connectivity index is 2.37. The van der Waals surface area contributed by atoms with E-state index in [4.69, 9.17) is 11.6 Å². The van der Waals surface area contributed by atoms with Crippen LogP contribution in [-0.2, 0) is 0 Å². The van der Waals surface area contributed by atoms with Crippen LogP contribution in [0, 0.1) is 6.92 Å². The molecule has 104 valence electrons. The Kier molecular flexibility index (Phi) is 3.35.